The smallest absolute Gasteiger partial charge is 0.0477 e. The average Bonchev–Trinajstić information content (AvgIpc) is 2.88. The summed E-state index contributed by atoms with van der Waals surface area (Å²) in [5, 5.41) is 4.89. The molecule has 1 saturated heterocycles. The van der Waals surface area contributed by atoms with Gasteiger partial charge in [0.2, 0.25) is 0 Å². The summed E-state index contributed by atoms with van der Waals surface area (Å²) in [6.45, 7) is 1.16. The maximum atomic E-state index is 3.54. The zero-order valence-corrected chi connectivity index (χ0v) is 9.03. The topological polar surface area (TPSA) is 17.0 Å². The first-order valence-electron chi connectivity index (χ1n) is 5.63. The van der Waals surface area contributed by atoms with Crippen molar-refractivity contribution in [2.45, 2.75) is 18.9 Å². The molecule has 1 aliphatic heterocycles. The lowest BCUT2D eigenvalue weighted by Gasteiger charge is -2.10. The van der Waals surface area contributed by atoms with Gasteiger partial charge in [-0.15, -0.1) is 0 Å². The van der Waals surface area contributed by atoms with E-state index in [9.17, 15) is 0 Å². The molecule has 78 valence electrons. The number of nitrogens with one attached hydrogen (secondary N) is 1. The Kier molecular flexibility index (Phi) is 2.03. The monoisotopic (exact) mass is 200 g/mol. The van der Waals surface area contributed by atoms with Crippen molar-refractivity contribution < 1.29 is 0 Å². The van der Waals surface area contributed by atoms with E-state index in [0.29, 0.717) is 6.04 Å². The van der Waals surface area contributed by atoms with E-state index in [0.717, 1.165) is 6.54 Å². The molecule has 2 heteroatoms. The summed E-state index contributed by atoms with van der Waals surface area (Å²) in [6, 6.07) is 9.57. The Morgan fingerprint density at radius 1 is 1.33 bits per heavy atom. The van der Waals surface area contributed by atoms with Crippen LogP contribution in [0.2, 0.25) is 0 Å². The van der Waals surface area contributed by atoms with Gasteiger partial charge in [0, 0.05) is 24.8 Å². The molecule has 1 atom stereocenters. The predicted octanol–water partition coefficient (Wildman–Crippen LogP) is 2.60. The summed E-state index contributed by atoms with van der Waals surface area (Å²) >= 11 is 0. The largest absolute Gasteiger partial charge is 0.351 e. The number of fused-ring (bicyclic) bond motifs is 1. The van der Waals surface area contributed by atoms with Crippen LogP contribution < -0.4 is 5.32 Å². The Bertz CT molecular complexity index is 478. The van der Waals surface area contributed by atoms with Crippen LogP contribution in [0.4, 0.5) is 0 Å². The second kappa shape index (κ2) is 3.38. The highest BCUT2D eigenvalue weighted by Crippen LogP contribution is 2.26. The second-order valence-corrected chi connectivity index (χ2v) is 4.39. The molecule has 1 aromatic carbocycles. The fourth-order valence-corrected chi connectivity index (χ4v) is 2.49. The molecule has 0 saturated carbocycles. The average molecular weight is 200 g/mol. The fraction of sp³-hybridized carbons (Fsp3) is 0.385. The Morgan fingerprint density at radius 2 is 2.27 bits per heavy atom. The van der Waals surface area contributed by atoms with Crippen molar-refractivity contribution in [2.24, 2.45) is 7.05 Å². The molecule has 15 heavy (non-hydrogen) atoms. The number of rotatable bonds is 1. The van der Waals surface area contributed by atoms with Crippen molar-refractivity contribution in [1.29, 1.82) is 0 Å². The van der Waals surface area contributed by atoms with Gasteiger partial charge < -0.3 is 9.88 Å². The van der Waals surface area contributed by atoms with Gasteiger partial charge in [-0.1, -0.05) is 6.07 Å². The zero-order valence-electron chi connectivity index (χ0n) is 9.03. The maximum Gasteiger partial charge on any atom is 0.0477 e. The van der Waals surface area contributed by atoms with E-state index in [4.69, 9.17) is 0 Å². The van der Waals surface area contributed by atoms with Gasteiger partial charge in [-0.2, -0.15) is 0 Å². The van der Waals surface area contributed by atoms with E-state index in [2.05, 4.69) is 47.4 Å². The zero-order chi connectivity index (χ0) is 10.3. The third-order valence-corrected chi connectivity index (χ3v) is 3.37. The van der Waals surface area contributed by atoms with Crippen LogP contribution in [-0.2, 0) is 7.05 Å². The predicted molar refractivity (Wildman–Crippen MR) is 62.9 cm³/mol. The third kappa shape index (κ3) is 1.45. The first kappa shape index (κ1) is 8.98. The number of hydrogen-bond acceptors (Lipinski definition) is 1. The van der Waals surface area contributed by atoms with E-state index < -0.39 is 0 Å². The molecule has 0 spiro atoms. The summed E-state index contributed by atoms with van der Waals surface area (Å²) in [5.74, 6) is 0. The molecule has 1 aliphatic rings. The minimum Gasteiger partial charge on any atom is -0.351 e. The summed E-state index contributed by atoms with van der Waals surface area (Å²) < 4.78 is 2.17. The van der Waals surface area contributed by atoms with Gasteiger partial charge in [-0.3, -0.25) is 0 Å². The number of benzene rings is 1. The van der Waals surface area contributed by atoms with Gasteiger partial charge in [0.05, 0.1) is 0 Å². The van der Waals surface area contributed by atoms with E-state index in [1.807, 2.05) is 0 Å². The van der Waals surface area contributed by atoms with Crippen LogP contribution in [0.25, 0.3) is 10.9 Å². The fourth-order valence-electron chi connectivity index (χ4n) is 2.49. The van der Waals surface area contributed by atoms with Crippen molar-refractivity contribution in [1.82, 2.24) is 9.88 Å². The van der Waals surface area contributed by atoms with E-state index in [-0.39, 0.29) is 0 Å². The van der Waals surface area contributed by atoms with E-state index >= 15 is 0 Å². The Morgan fingerprint density at radius 3 is 3.07 bits per heavy atom. The van der Waals surface area contributed by atoms with Gasteiger partial charge in [0.1, 0.15) is 0 Å². The van der Waals surface area contributed by atoms with Crippen molar-refractivity contribution in [2.75, 3.05) is 6.54 Å². The molecule has 0 amide bonds. The van der Waals surface area contributed by atoms with Crippen LogP contribution >= 0.6 is 0 Å². The molecular formula is C13H16N2. The quantitative estimate of drug-likeness (QED) is 0.748. The maximum absolute atomic E-state index is 3.54. The molecule has 1 aromatic heterocycles. The lowest BCUT2D eigenvalue weighted by atomic mass is 10.0. The minimum absolute atomic E-state index is 0.578. The number of hydrogen-bond donors (Lipinski definition) is 1. The van der Waals surface area contributed by atoms with Crippen LogP contribution in [-0.4, -0.2) is 11.1 Å². The van der Waals surface area contributed by atoms with Crippen LogP contribution in [0.5, 0.6) is 0 Å². The number of aryl methyl sites for hydroxylation is 1. The first-order chi connectivity index (χ1) is 7.34. The molecule has 0 bridgehead atoms. The van der Waals surface area contributed by atoms with Crippen molar-refractivity contribution in [3.8, 4) is 0 Å². The highest BCUT2D eigenvalue weighted by molar-refractivity contribution is 5.80. The van der Waals surface area contributed by atoms with Crippen molar-refractivity contribution >= 4 is 10.9 Å². The molecule has 3 rings (SSSR count). The minimum atomic E-state index is 0.578. The molecule has 1 N–H and O–H groups in total. The van der Waals surface area contributed by atoms with Crippen molar-refractivity contribution in [3.05, 3.63) is 36.0 Å². The summed E-state index contributed by atoms with van der Waals surface area (Å²) in [4.78, 5) is 0. The number of nitrogens with zero attached hydrogens (tertiary/aromatic N) is 1. The number of aromatic nitrogens is 1. The molecule has 2 heterocycles. The van der Waals surface area contributed by atoms with Gasteiger partial charge in [-0.05, 0) is 48.5 Å². The van der Waals surface area contributed by atoms with Gasteiger partial charge in [-0.25, -0.2) is 0 Å². The molecule has 0 aliphatic carbocycles. The van der Waals surface area contributed by atoms with Crippen LogP contribution in [0, 0.1) is 0 Å². The van der Waals surface area contributed by atoms with Crippen molar-refractivity contribution in [3.63, 3.8) is 0 Å². The summed E-state index contributed by atoms with van der Waals surface area (Å²) in [7, 11) is 2.09. The molecule has 1 fully saturated rings. The first-order valence-corrected chi connectivity index (χ1v) is 5.63. The summed E-state index contributed by atoms with van der Waals surface area (Å²) in [6.07, 6.45) is 4.70. The van der Waals surface area contributed by atoms with Gasteiger partial charge in [0.25, 0.3) is 0 Å². The lowest BCUT2D eigenvalue weighted by Crippen LogP contribution is -2.12. The van der Waals surface area contributed by atoms with Gasteiger partial charge >= 0.3 is 0 Å². The molecule has 1 unspecified atom stereocenters. The standard InChI is InChI=1S/C13H16N2/c1-15-8-6-11-9-10(4-5-13(11)15)12-3-2-7-14-12/h4-6,8-9,12,14H,2-3,7H2,1H3. The van der Waals surface area contributed by atoms with Gasteiger partial charge in [0.15, 0.2) is 0 Å². The normalized spacial score (nSPS) is 21.3. The van der Waals surface area contributed by atoms with Crippen LogP contribution in [0.3, 0.4) is 0 Å². The molecule has 2 aromatic rings. The molecule has 2 nitrogen and oxygen atoms in total. The third-order valence-electron chi connectivity index (χ3n) is 3.37. The molecule has 0 radical (unpaired) electrons. The SMILES string of the molecule is Cn1ccc2cc(C3CCCN3)ccc21. The summed E-state index contributed by atoms with van der Waals surface area (Å²) in [5.41, 5.74) is 2.75. The van der Waals surface area contributed by atoms with Crippen LogP contribution in [0.15, 0.2) is 30.5 Å². The highest BCUT2D eigenvalue weighted by Gasteiger charge is 2.16. The lowest BCUT2D eigenvalue weighted by molar-refractivity contribution is 0.648. The Hall–Kier alpha value is -1.28. The highest BCUT2D eigenvalue weighted by atomic mass is 14.9. The Labute approximate surface area is 89.9 Å². The molecular weight excluding hydrogens is 184 g/mol. The van der Waals surface area contributed by atoms with E-state index in [1.165, 1.54) is 29.3 Å². The van der Waals surface area contributed by atoms with Crippen LogP contribution in [0.1, 0.15) is 24.4 Å². The Balaban J connectivity index is 2.05. The van der Waals surface area contributed by atoms with E-state index in [1.54, 1.807) is 0 Å². The second-order valence-electron chi connectivity index (χ2n) is 4.39.